The molecule has 22 heavy (non-hydrogen) atoms. The molecule has 2 saturated carbocycles. The van der Waals surface area contributed by atoms with Crippen LogP contribution in [0.2, 0.25) is 0 Å². The van der Waals surface area contributed by atoms with E-state index < -0.39 is 6.09 Å². The van der Waals surface area contributed by atoms with Gasteiger partial charge < -0.3 is 10.1 Å². The fraction of sp³-hybridized carbons (Fsp3) is 0.556. The minimum atomic E-state index is -0.489. The lowest BCUT2D eigenvalue weighted by Crippen LogP contribution is -2.47. The van der Waals surface area contributed by atoms with Crippen molar-refractivity contribution in [3.63, 3.8) is 0 Å². The van der Waals surface area contributed by atoms with Crippen molar-refractivity contribution in [3.8, 4) is 0 Å². The van der Waals surface area contributed by atoms with Crippen molar-refractivity contribution in [2.24, 2.45) is 11.8 Å². The summed E-state index contributed by atoms with van der Waals surface area (Å²) in [5.41, 5.74) is 0.944. The molecule has 1 aromatic carbocycles. The van der Waals surface area contributed by atoms with Crippen LogP contribution in [0, 0.1) is 11.8 Å². The fourth-order valence-electron chi connectivity index (χ4n) is 3.74. The van der Waals surface area contributed by atoms with Gasteiger partial charge in [-0.25, -0.2) is 4.79 Å². The number of ketones is 1. The zero-order valence-corrected chi connectivity index (χ0v) is 12.8. The van der Waals surface area contributed by atoms with E-state index in [0.717, 1.165) is 12.0 Å². The quantitative estimate of drug-likeness (QED) is 0.930. The van der Waals surface area contributed by atoms with Gasteiger partial charge in [-0.3, -0.25) is 4.79 Å². The van der Waals surface area contributed by atoms with Crippen LogP contribution in [-0.2, 0) is 16.1 Å². The molecule has 0 unspecified atom stereocenters. The van der Waals surface area contributed by atoms with E-state index in [0.29, 0.717) is 18.3 Å². The van der Waals surface area contributed by atoms with E-state index >= 15 is 0 Å². The van der Waals surface area contributed by atoms with Crippen LogP contribution in [0.1, 0.15) is 44.1 Å². The molecule has 1 aromatic rings. The molecule has 4 nitrogen and oxygen atoms in total. The normalized spacial score (nSPS) is 27.8. The number of fused-ring (bicyclic) bond motifs is 1. The third-order valence-corrected chi connectivity index (χ3v) is 4.96. The largest absolute Gasteiger partial charge is 0.445 e. The maximum Gasteiger partial charge on any atom is 0.408 e. The van der Waals surface area contributed by atoms with Gasteiger partial charge in [0.15, 0.2) is 5.78 Å². The van der Waals surface area contributed by atoms with Gasteiger partial charge in [0.25, 0.3) is 0 Å². The standard InChI is InChI=1S/C18H23NO3/c20-17-11-15-9-5-4-8-14(15)10-16(17)19-18(21)22-12-13-6-2-1-3-7-13/h1-3,6-7,14-16H,4-5,8-12H2,(H,19,21)/t14-,15-,16+/m1/s1. The number of nitrogens with one attached hydrogen (secondary N) is 1. The highest BCUT2D eigenvalue weighted by molar-refractivity contribution is 5.88. The van der Waals surface area contributed by atoms with E-state index in [2.05, 4.69) is 5.32 Å². The van der Waals surface area contributed by atoms with Gasteiger partial charge >= 0.3 is 6.09 Å². The Kier molecular flexibility index (Phi) is 4.76. The van der Waals surface area contributed by atoms with Crippen LogP contribution in [0.3, 0.4) is 0 Å². The molecule has 0 aromatic heterocycles. The first-order chi connectivity index (χ1) is 10.7. The molecule has 2 fully saturated rings. The van der Waals surface area contributed by atoms with Gasteiger partial charge in [0.1, 0.15) is 6.61 Å². The van der Waals surface area contributed by atoms with Gasteiger partial charge in [0.05, 0.1) is 6.04 Å². The highest BCUT2D eigenvalue weighted by Crippen LogP contribution is 2.39. The fourth-order valence-corrected chi connectivity index (χ4v) is 3.74. The molecular weight excluding hydrogens is 278 g/mol. The zero-order chi connectivity index (χ0) is 15.4. The minimum Gasteiger partial charge on any atom is -0.445 e. The molecule has 1 N–H and O–H groups in total. The van der Waals surface area contributed by atoms with Crippen molar-refractivity contribution in [1.29, 1.82) is 0 Å². The summed E-state index contributed by atoms with van der Waals surface area (Å²) < 4.78 is 5.21. The molecule has 2 aliphatic carbocycles. The zero-order valence-electron chi connectivity index (χ0n) is 12.8. The third kappa shape index (κ3) is 3.67. The first-order valence-electron chi connectivity index (χ1n) is 8.22. The molecular formula is C18H23NO3. The summed E-state index contributed by atoms with van der Waals surface area (Å²) in [5, 5.41) is 2.76. The van der Waals surface area contributed by atoms with Crippen LogP contribution in [0.15, 0.2) is 30.3 Å². The van der Waals surface area contributed by atoms with Crippen molar-refractivity contribution < 1.29 is 14.3 Å². The second-order valence-corrected chi connectivity index (χ2v) is 6.47. The van der Waals surface area contributed by atoms with Crippen molar-refractivity contribution in [2.75, 3.05) is 0 Å². The predicted octanol–water partition coefficient (Wildman–Crippen LogP) is 3.45. The van der Waals surface area contributed by atoms with Crippen molar-refractivity contribution in [2.45, 2.75) is 51.2 Å². The Hall–Kier alpha value is -1.84. The molecule has 4 heteroatoms. The first kappa shape index (κ1) is 15.1. The second-order valence-electron chi connectivity index (χ2n) is 6.47. The van der Waals surface area contributed by atoms with E-state index in [1.807, 2.05) is 30.3 Å². The highest BCUT2D eigenvalue weighted by atomic mass is 16.5. The molecule has 0 saturated heterocycles. The summed E-state index contributed by atoms with van der Waals surface area (Å²) in [6.07, 6.45) is 5.76. The Balaban J connectivity index is 1.49. The second kappa shape index (κ2) is 6.95. The number of benzene rings is 1. The molecule has 0 bridgehead atoms. The lowest BCUT2D eigenvalue weighted by Gasteiger charge is -2.38. The van der Waals surface area contributed by atoms with Gasteiger partial charge in [0, 0.05) is 6.42 Å². The van der Waals surface area contributed by atoms with Crippen LogP contribution in [0.5, 0.6) is 0 Å². The predicted molar refractivity (Wildman–Crippen MR) is 83.2 cm³/mol. The average molecular weight is 301 g/mol. The molecule has 1 amide bonds. The Morgan fingerprint density at radius 1 is 1.14 bits per heavy atom. The summed E-state index contributed by atoms with van der Waals surface area (Å²) in [4.78, 5) is 24.1. The maximum atomic E-state index is 12.2. The third-order valence-electron chi connectivity index (χ3n) is 4.96. The lowest BCUT2D eigenvalue weighted by molar-refractivity contribution is -0.125. The van der Waals surface area contributed by atoms with Gasteiger partial charge in [-0.1, -0.05) is 49.6 Å². The summed E-state index contributed by atoms with van der Waals surface area (Å²) >= 11 is 0. The van der Waals surface area contributed by atoms with Gasteiger partial charge in [0.2, 0.25) is 0 Å². The van der Waals surface area contributed by atoms with Crippen LogP contribution >= 0.6 is 0 Å². The van der Waals surface area contributed by atoms with E-state index in [4.69, 9.17) is 4.74 Å². The topological polar surface area (TPSA) is 55.4 Å². The van der Waals surface area contributed by atoms with Crippen LogP contribution in [0.4, 0.5) is 4.79 Å². The minimum absolute atomic E-state index is 0.166. The Morgan fingerprint density at radius 3 is 2.64 bits per heavy atom. The highest BCUT2D eigenvalue weighted by Gasteiger charge is 2.37. The van der Waals surface area contributed by atoms with Crippen LogP contribution < -0.4 is 5.32 Å². The van der Waals surface area contributed by atoms with E-state index in [9.17, 15) is 9.59 Å². The number of carbonyl (C=O) groups excluding carboxylic acids is 2. The van der Waals surface area contributed by atoms with Crippen LogP contribution in [0.25, 0.3) is 0 Å². The molecule has 0 aliphatic heterocycles. The van der Waals surface area contributed by atoms with Gasteiger partial charge in [-0.2, -0.15) is 0 Å². The average Bonchev–Trinajstić information content (AvgIpc) is 2.55. The Morgan fingerprint density at radius 2 is 1.86 bits per heavy atom. The van der Waals surface area contributed by atoms with Crippen molar-refractivity contribution in [3.05, 3.63) is 35.9 Å². The Labute approximate surface area is 131 Å². The summed E-state index contributed by atoms with van der Waals surface area (Å²) in [6, 6.07) is 9.19. The first-order valence-corrected chi connectivity index (χ1v) is 8.22. The summed E-state index contributed by atoms with van der Waals surface area (Å²) in [7, 11) is 0. The van der Waals surface area contributed by atoms with E-state index in [1.165, 1.54) is 25.7 Å². The molecule has 0 spiro atoms. The van der Waals surface area contributed by atoms with E-state index in [1.54, 1.807) is 0 Å². The number of carbonyl (C=O) groups is 2. The molecule has 118 valence electrons. The SMILES string of the molecule is O=C(N[C@H]1C[C@H]2CCCC[C@@H]2CC1=O)OCc1ccccc1. The number of Topliss-reactive ketones (excluding diaryl/α,β-unsaturated/α-hetero) is 1. The van der Waals surface area contributed by atoms with E-state index in [-0.39, 0.29) is 18.4 Å². The number of rotatable bonds is 3. The molecule has 2 aliphatic rings. The number of hydrogen-bond acceptors (Lipinski definition) is 3. The molecule has 3 atom stereocenters. The number of hydrogen-bond donors (Lipinski definition) is 1. The molecule has 0 radical (unpaired) electrons. The monoisotopic (exact) mass is 301 g/mol. The van der Waals surface area contributed by atoms with Crippen LogP contribution in [-0.4, -0.2) is 17.9 Å². The van der Waals surface area contributed by atoms with Crippen molar-refractivity contribution >= 4 is 11.9 Å². The maximum absolute atomic E-state index is 12.2. The molecule has 3 rings (SSSR count). The number of ether oxygens (including phenoxy) is 1. The summed E-state index contributed by atoms with van der Waals surface area (Å²) in [5.74, 6) is 1.30. The molecule has 0 heterocycles. The van der Waals surface area contributed by atoms with Crippen molar-refractivity contribution in [1.82, 2.24) is 5.32 Å². The van der Waals surface area contributed by atoms with Gasteiger partial charge in [-0.15, -0.1) is 0 Å². The number of alkyl carbamates (subject to hydrolysis) is 1. The Bertz CT molecular complexity index is 528. The lowest BCUT2D eigenvalue weighted by atomic mass is 9.69. The summed E-state index contributed by atoms with van der Waals surface area (Å²) in [6.45, 7) is 0.236. The number of amides is 1. The smallest absolute Gasteiger partial charge is 0.408 e. The van der Waals surface area contributed by atoms with Gasteiger partial charge in [-0.05, 0) is 30.2 Å².